The maximum absolute atomic E-state index is 12.3. The quantitative estimate of drug-likeness (QED) is 0.833. The molecule has 3 fully saturated rings. The molecule has 1 heterocycles. The number of carbonyl (C=O) groups excluding carboxylic acids is 2. The average molecular weight is 338 g/mol. The van der Waals surface area contributed by atoms with Crippen molar-refractivity contribution in [3.05, 3.63) is 42.0 Å². The van der Waals surface area contributed by atoms with Crippen molar-refractivity contribution in [3.63, 3.8) is 0 Å². The lowest BCUT2D eigenvalue weighted by Crippen LogP contribution is -2.57. The van der Waals surface area contributed by atoms with Gasteiger partial charge in [-0.3, -0.25) is 9.59 Å². The Morgan fingerprint density at radius 3 is 2.76 bits per heavy atom. The summed E-state index contributed by atoms with van der Waals surface area (Å²) in [7, 11) is 0. The van der Waals surface area contributed by atoms with Crippen LogP contribution in [0.15, 0.2) is 36.4 Å². The van der Waals surface area contributed by atoms with E-state index < -0.39 is 0 Å². The fraction of sp³-hybridized carbons (Fsp3) is 0.524. The third-order valence-corrected chi connectivity index (χ3v) is 6.26. The molecular formula is C21H26N2O2. The fourth-order valence-electron chi connectivity index (χ4n) is 5.11. The standard InChI is InChI=1S/C21H26N2O2/c24-20(12-9-14-5-2-1-3-6-14)22-15-10-11-17-16-7-4-8-18(16)21(25)23-19(17)13-15/h1-3,5-6,9,12,15-19H,4,7-8,10-11,13H2,(H,22,24)(H,23,25)/b12-9-. The van der Waals surface area contributed by atoms with Gasteiger partial charge in [0.05, 0.1) is 0 Å². The molecule has 2 amide bonds. The summed E-state index contributed by atoms with van der Waals surface area (Å²) in [5, 5.41) is 6.36. The molecule has 1 saturated heterocycles. The Labute approximate surface area is 149 Å². The summed E-state index contributed by atoms with van der Waals surface area (Å²) in [6, 6.07) is 10.2. The van der Waals surface area contributed by atoms with Gasteiger partial charge in [-0.2, -0.15) is 0 Å². The molecule has 1 aromatic carbocycles. The van der Waals surface area contributed by atoms with Crippen molar-refractivity contribution in [1.29, 1.82) is 0 Å². The number of benzene rings is 1. The first-order valence-corrected chi connectivity index (χ1v) is 9.55. The Morgan fingerprint density at radius 1 is 1.08 bits per heavy atom. The van der Waals surface area contributed by atoms with E-state index in [4.69, 9.17) is 0 Å². The molecule has 0 radical (unpaired) electrons. The van der Waals surface area contributed by atoms with E-state index >= 15 is 0 Å². The minimum absolute atomic E-state index is 0.0480. The molecule has 0 bridgehead atoms. The molecule has 4 nitrogen and oxygen atoms in total. The molecule has 3 aliphatic rings. The lowest BCUT2D eigenvalue weighted by molar-refractivity contribution is -0.132. The van der Waals surface area contributed by atoms with Crippen LogP contribution in [-0.2, 0) is 9.59 Å². The van der Waals surface area contributed by atoms with Gasteiger partial charge in [-0.1, -0.05) is 36.8 Å². The highest BCUT2D eigenvalue weighted by atomic mass is 16.2. The van der Waals surface area contributed by atoms with Crippen LogP contribution in [0, 0.1) is 17.8 Å². The van der Waals surface area contributed by atoms with E-state index in [2.05, 4.69) is 10.6 Å². The molecular weight excluding hydrogens is 312 g/mol. The van der Waals surface area contributed by atoms with Crippen LogP contribution in [0.25, 0.3) is 6.08 Å². The van der Waals surface area contributed by atoms with E-state index in [0.717, 1.165) is 31.2 Å². The first-order chi connectivity index (χ1) is 12.2. The molecule has 4 heteroatoms. The van der Waals surface area contributed by atoms with Gasteiger partial charge in [-0.25, -0.2) is 0 Å². The minimum atomic E-state index is -0.0480. The van der Waals surface area contributed by atoms with Gasteiger partial charge in [-0.15, -0.1) is 0 Å². The molecule has 0 aromatic heterocycles. The molecule has 2 aliphatic carbocycles. The molecule has 1 aliphatic heterocycles. The Hall–Kier alpha value is -2.10. The molecule has 4 rings (SSSR count). The van der Waals surface area contributed by atoms with E-state index in [0.29, 0.717) is 11.8 Å². The van der Waals surface area contributed by atoms with Crippen LogP contribution in [0.1, 0.15) is 44.1 Å². The topological polar surface area (TPSA) is 58.2 Å². The Balaban J connectivity index is 1.34. The Bertz CT molecular complexity index is 670. The summed E-state index contributed by atoms with van der Waals surface area (Å²) in [6.45, 7) is 0. The van der Waals surface area contributed by atoms with Crippen LogP contribution in [0.2, 0.25) is 0 Å². The first-order valence-electron chi connectivity index (χ1n) is 9.55. The number of hydrogen-bond acceptors (Lipinski definition) is 2. The summed E-state index contributed by atoms with van der Waals surface area (Å²) in [5.74, 6) is 1.64. The smallest absolute Gasteiger partial charge is 0.244 e. The van der Waals surface area contributed by atoms with E-state index in [1.807, 2.05) is 36.4 Å². The van der Waals surface area contributed by atoms with Crippen molar-refractivity contribution < 1.29 is 9.59 Å². The monoisotopic (exact) mass is 338 g/mol. The van der Waals surface area contributed by atoms with Crippen LogP contribution in [0.4, 0.5) is 0 Å². The van der Waals surface area contributed by atoms with Gasteiger partial charge in [-0.05, 0) is 55.6 Å². The van der Waals surface area contributed by atoms with E-state index in [9.17, 15) is 9.59 Å². The van der Waals surface area contributed by atoms with Gasteiger partial charge in [0.1, 0.15) is 0 Å². The molecule has 0 spiro atoms. The molecule has 5 atom stereocenters. The van der Waals surface area contributed by atoms with Gasteiger partial charge in [0.25, 0.3) is 0 Å². The van der Waals surface area contributed by atoms with Crippen molar-refractivity contribution in [2.75, 3.05) is 0 Å². The second kappa shape index (κ2) is 7.03. The van der Waals surface area contributed by atoms with Gasteiger partial charge in [0.15, 0.2) is 0 Å². The first kappa shape index (κ1) is 16.4. The van der Waals surface area contributed by atoms with Crippen molar-refractivity contribution in [3.8, 4) is 0 Å². The SMILES string of the molecule is O=C(/C=C\c1ccccc1)NC1CCC2C(C1)NC(=O)C1CCCC12. The van der Waals surface area contributed by atoms with E-state index in [-0.39, 0.29) is 29.8 Å². The average Bonchev–Trinajstić information content (AvgIpc) is 3.11. The molecule has 1 aromatic rings. The predicted octanol–water partition coefficient (Wildman–Crippen LogP) is 2.90. The highest BCUT2D eigenvalue weighted by Gasteiger charge is 2.47. The number of fused-ring (bicyclic) bond motifs is 3. The minimum Gasteiger partial charge on any atom is -0.353 e. The highest BCUT2D eigenvalue weighted by Crippen LogP contribution is 2.45. The third kappa shape index (κ3) is 3.48. The number of carbonyl (C=O) groups is 2. The van der Waals surface area contributed by atoms with E-state index in [1.54, 1.807) is 6.08 Å². The van der Waals surface area contributed by atoms with Gasteiger partial charge < -0.3 is 10.6 Å². The third-order valence-electron chi connectivity index (χ3n) is 6.26. The summed E-state index contributed by atoms with van der Waals surface area (Å²) in [5.41, 5.74) is 1.02. The lowest BCUT2D eigenvalue weighted by Gasteiger charge is -2.45. The Kier molecular flexibility index (Phi) is 4.60. The van der Waals surface area contributed by atoms with Crippen LogP contribution in [0.3, 0.4) is 0 Å². The van der Waals surface area contributed by atoms with Crippen molar-refractivity contribution in [2.24, 2.45) is 17.8 Å². The largest absolute Gasteiger partial charge is 0.353 e. The molecule has 2 saturated carbocycles. The zero-order valence-electron chi connectivity index (χ0n) is 14.5. The summed E-state index contributed by atoms with van der Waals surface area (Å²) in [6.07, 6.45) is 9.90. The van der Waals surface area contributed by atoms with Crippen molar-refractivity contribution >= 4 is 17.9 Å². The van der Waals surface area contributed by atoms with Crippen molar-refractivity contribution in [2.45, 2.75) is 50.6 Å². The predicted molar refractivity (Wildman–Crippen MR) is 97.5 cm³/mol. The van der Waals surface area contributed by atoms with Crippen molar-refractivity contribution in [1.82, 2.24) is 10.6 Å². The lowest BCUT2D eigenvalue weighted by atomic mass is 9.68. The maximum atomic E-state index is 12.3. The number of rotatable bonds is 3. The molecule has 132 valence electrons. The number of amides is 2. The van der Waals surface area contributed by atoms with Gasteiger partial charge >= 0.3 is 0 Å². The molecule has 25 heavy (non-hydrogen) atoms. The molecule has 5 unspecified atom stereocenters. The maximum Gasteiger partial charge on any atom is 0.244 e. The summed E-state index contributed by atoms with van der Waals surface area (Å²) in [4.78, 5) is 24.5. The number of piperidine rings is 1. The second-order valence-corrected chi connectivity index (χ2v) is 7.74. The molecule has 2 N–H and O–H groups in total. The number of hydrogen-bond donors (Lipinski definition) is 2. The summed E-state index contributed by atoms with van der Waals surface area (Å²) >= 11 is 0. The van der Waals surface area contributed by atoms with Crippen LogP contribution >= 0.6 is 0 Å². The second-order valence-electron chi connectivity index (χ2n) is 7.74. The van der Waals surface area contributed by atoms with Crippen LogP contribution < -0.4 is 10.6 Å². The van der Waals surface area contributed by atoms with Crippen LogP contribution in [0.5, 0.6) is 0 Å². The Morgan fingerprint density at radius 2 is 1.92 bits per heavy atom. The normalized spacial score (nSPS) is 34.2. The summed E-state index contributed by atoms with van der Waals surface area (Å²) < 4.78 is 0. The van der Waals surface area contributed by atoms with Gasteiger partial charge in [0.2, 0.25) is 11.8 Å². The zero-order valence-corrected chi connectivity index (χ0v) is 14.5. The highest BCUT2D eigenvalue weighted by molar-refractivity contribution is 5.91. The number of nitrogens with one attached hydrogen (secondary N) is 2. The fourth-order valence-corrected chi connectivity index (χ4v) is 5.11. The van der Waals surface area contributed by atoms with E-state index in [1.165, 1.54) is 12.8 Å². The van der Waals surface area contributed by atoms with Crippen LogP contribution in [-0.4, -0.2) is 23.9 Å². The van der Waals surface area contributed by atoms with Gasteiger partial charge in [0, 0.05) is 24.1 Å². The zero-order chi connectivity index (χ0) is 17.2.